The van der Waals surface area contributed by atoms with Crippen LogP contribution in [0, 0.1) is 0 Å². The Balaban J connectivity index is 3.36. The van der Waals surface area contributed by atoms with E-state index < -0.39 is 12.1 Å². The lowest BCUT2D eigenvalue weighted by Crippen LogP contribution is -2.45. The molecule has 94 heavy (non-hydrogen) atoms. The minimum atomic E-state index is -0.844. The Hall–Kier alpha value is -1.92. The molecule has 0 fully saturated rings. The molecule has 0 saturated heterocycles. The van der Waals surface area contributed by atoms with Gasteiger partial charge in [-0.25, -0.2) is 0 Å². The topological polar surface area (TPSA) is 95.9 Å². The van der Waals surface area contributed by atoms with Crippen LogP contribution in [0.5, 0.6) is 0 Å². The van der Waals surface area contributed by atoms with Crippen LogP contribution >= 0.6 is 0 Å². The number of amides is 1. The number of carbonyl (C=O) groups excluding carboxylic acids is 2. The minimum absolute atomic E-state index is 0.0176. The van der Waals surface area contributed by atoms with Crippen molar-refractivity contribution in [1.82, 2.24) is 5.32 Å². The van der Waals surface area contributed by atoms with E-state index in [4.69, 9.17) is 4.74 Å². The van der Waals surface area contributed by atoms with Gasteiger partial charge in [-0.3, -0.25) is 9.59 Å². The summed E-state index contributed by atoms with van der Waals surface area (Å²) in [4.78, 5) is 24.7. The third-order valence-corrected chi connectivity index (χ3v) is 20.4. The number of allylic oxidation sites excluding steroid dienone is 5. The fourth-order valence-corrected chi connectivity index (χ4v) is 13.8. The van der Waals surface area contributed by atoms with Crippen LogP contribution in [-0.4, -0.2) is 47.4 Å². The largest absolute Gasteiger partial charge is 0.466 e. The van der Waals surface area contributed by atoms with Gasteiger partial charge in [-0.2, -0.15) is 0 Å². The van der Waals surface area contributed by atoms with Crippen LogP contribution in [0.4, 0.5) is 0 Å². The van der Waals surface area contributed by atoms with Gasteiger partial charge in [0.25, 0.3) is 0 Å². The predicted octanol–water partition coefficient (Wildman–Crippen LogP) is 28.9. The fraction of sp³-hybridized carbons (Fsp3) is 0.909. The number of esters is 1. The van der Waals surface area contributed by atoms with Gasteiger partial charge in [0.15, 0.2) is 0 Å². The number of hydrogen-bond acceptors (Lipinski definition) is 5. The van der Waals surface area contributed by atoms with Crippen LogP contribution in [-0.2, 0) is 14.3 Å². The molecule has 0 aliphatic heterocycles. The molecule has 0 aromatic heterocycles. The molecule has 0 spiro atoms. The summed E-state index contributed by atoms with van der Waals surface area (Å²) < 4.78 is 5.51. The second-order valence-corrected chi connectivity index (χ2v) is 29.9. The highest BCUT2D eigenvalue weighted by Gasteiger charge is 2.18. The molecule has 0 aromatic rings. The van der Waals surface area contributed by atoms with E-state index >= 15 is 0 Å². The predicted molar refractivity (Wildman–Crippen MR) is 416 cm³/mol. The van der Waals surface area contributed by atoms with Crippen molar-refractivity contribution >= 4 is 11.9 Å². The second-order valence-electron chi connectivity index (χ2n) is 29.9. The van der Waals surface area contributed by atoms with E-state index in [0.29, 0.717) is 19.4 Å². The molecule has 0 rings (SSSR count). The van der Waals surface area contributed by atoms with Crippen molar-refractivity contribution in [2.75, 3.05) is 13.2 Å². The first-order valence-corrected chi connectivity index (χ1v) is 43.3. The summed E-state index contributed by atoms with van der Waals surface area (Å²) >= 11 is 0. The van der Waals surface area contributed by atoms with Gasteiger partial charge >= 0.3 is 5.97 Å². The van der Waals surface area contributed by atoms with Crippen molar-refractivity contribution in [2.45, 2.75) is 501 Å². The fourth-order valence-electron chi connectivity index (χ4n) is 13.8. The number of aliphatic hydroxyl groups is 2. The van der Waals surface area contributed by atoms with Gasteiger partial charge in [0.2, 0.25) is 5.91 Å². The van der Waals surface area contributed by atoms with Crippen LogP contribution in [0.2, 0.25) is 0 Å². The molecule has 6 heteroatoms. The van der Waals surface area contributed by atoms with E-state index in [2.05, 4.69) is 43.5 Å². The maximum absolute atomic E-state index is 12.6. The first-order valence-electron chi connectivity index (χ1n) is 43.3. The van der Waals surface area contributed by atoms with Crippen LogP contribution < -0.4 is 5.32 Å². The van der Waals surface area contributed by atoms with Crippen molar-refractivity contribution in [3.63, 3.8) is 0 Å². The van der Waals surface area contributed by atoms with Crippen molar-refractivity contribution < 1.29 is 24.5 Å². The lowest BCUT2D eigenvalue weighted by atomic mass is 10.0. The summed E-state index contributed by atoms with van der Waals surface area (Å²) in [7, 11) is 0. The van der Waals surface area contributed by atoms with E-state index in [1.807, 2.05) is 6.08 Å². The molecule has 3 N–H and O–H groups in total. The number of ether oxygens (including phenoxy) is 1. The monoisotopic (exact) mass is 1320 g/mol. The number of hydrogen-bond donors (Lipinski definition) is 3. The molecule has 0 aliphatic rings. The highest BCUT2D eigenvalue weighted by molar-refractivity contribution is 5.76. The Labute approximate surface area is 589 Å². The number of carbonyl (C=O) groups is 2. The number of nitrogens with one attached hydrogen (secondary N) is 1. The van der Waals surface area contributed by atoms with Crippen LogP contribution in [0.3, 0.4) is 0 Å². The molecular weight excluding hydrogens is 1150 g/mol. The minimum Gasteiger partial charge on any atom is -0.466 e. The molecule has 6 nitrogen and oxygen atoms in total. The molecule has 556 valence electrons. The van der Waals surface area contributed by atoms with Gasteiger partial charge in [-0.05, 0) is 83.5 Å². The normalized spacial score (nSPS) is 12.6. The zero-order valence-electron chi connectivity index (χ0n) is 64.0. The first-order chi connectivity index (χ1) is 46.5. The van der Waals surface area contributed by atoms with Gasteiger partial charge in [0, 0.05) is 12.8 Å². The molecular formula is C88H169NO5. The molecule has 0 aromatic carbocycles. The van der Waals surface area contributed by atoms with Crippen molar-refractivity contribution in [3.8, 4) is 0 Å². The molecule has 0 radical (unpaired) electrons. The van der Waals surface area contributed by atoms with Gasteiger partial charge in [-0.15, -0.1) is 0 Å². The summed E-state index contributed by atoms with van der Waals surface area (Å²) in [6.07, 6.45) is 110. The molecule has 0 aliphatic carbocycles. The number of unbranched alkanes of at least 4 members (excludes halogenated alkanes) is 67. The van der Waals surface area contributed by atoms with Crippen molar-refractivity contribution in [3.05, 3.63) is 36.5 Å². The zero-order valence-corrected chi connectivity index (χ0v) is 64.0. The summed E-state index contributed by atoms with van der Waals surface area (Å²) in [5, 5.41) is 23.3. The lowest BCUT2D eigenvalue weighted by molar-refractivity contribution is -0.143. The average molecular weight is 1320 g/mol. The Morgan fingerprint density at radius 3 is 0.755 bits per heavy atom. The zero-order chi connectivity index (χ0) is 67.7. The summed E-state index contributed by atoms with van der Waals surface area (Å²) in [6, 6.07) is -0.627. The maximum Gasteiger partial charge on any atom is 0.305 e. The Kier molecular flexibility index (Phi) is 81.8. The van der Waals surface area contributed by atoms with E-state index in [-0.39, 0.29) is 18.5 Å². The Bertz CT molecular complexity index is 1520. The van der Waals surface area contributed by atoms with Crippen LogP contribution in [0.25, 0.3) is 0 Å². The highest BCUT2D eigenvalue weighted by atomic mass is 16.5. The van der Waals surface area contributed by atoms with E-state index in [1.165, 1.54) is 417 Å². The number of rotatable bonds is 82. The maximum atomic E-state index is 12.6. The molecule has 0 saturated carbocycles. The van der Waals surface area contributed by atoms with Crippen LogP contribution in [0.1, 0.15) is 489 Å². The van der Waals surface area contributed by atoms with Gasteiger partial charge < -0.3 is 20.3 Å². The average Bonchev–Trinajstić information content (AvgIpc) is 3.67. The summed E-state index contributed by atoms with van der Waals surface area (Å²) in [6.45, 7) is 4.96. The molecule has 2 unspecified atom stereocenters. The molecule has 2 atom stereocenters. The van der Waals surface area contributed by atoms with E-state index in [9.17, 15) is 19.8 Å². The smallest absolute Gasteiger partial charge is 0.305 e. The first kappa shape index (κ1) is 92.1. The molecule has 1 amide bonds. The summed E-state index contributed by atoms with van der Waals surface area (Å²) in [5.41, 5.74) is 0. The Morgan fingerprint density at radius 2 is 0.500 bits per heavy atom. The molecule has 0 heterocycles. The standard InChI is InChI=1S/C88H169NO5/c1-3-5-7-9-11-13-15-17-19-21-22-23-24-36-39-42-45-49-52-56-60-64-68-72-76-80-86(91)85(84-90)89-87(92)81-77-73-69-65-61-57-53-50-46-43-40-37-34-32-30-28-26-25-27-29-31-33-35-38-41-44-47-51-55-59-63-67-71-75-79-83-94-88(93)82-78-74-70-66-62-58-54-48-20-18-16-14-12-10-8-6-4-2/h18,20,27,29,76,80,85-86,90-91H,3-17,19,21-26,28,30-75,77-79,81-84H2,1-2H3,(H,89,92)/b20-18-,29-27-,80-76+. The summed E-state index contributed by atoms with van der Waals surface area (Å²) in [5.74, 6) is -0.0412. The van der Waals surface area contributed by atoms with E-state index in [1.54, 1.807) is 6.08 Å². The highest BCUT2D eigenvalue weighted by Crippen LogP contribution is 2.20. The second kappa shape index (κ2) is 83.5. The third kappa shape index (κ3) is 79.1. The SMILES string of the molecule is CCCCCCCC/C=C\CCCCCCCCCC(=O)OCCCCCCCCCCCCCCCC/C=C\CCCCCCCCCCCCCCCCCCCC(=O)NC(CO)C(O)/C=C/CCCCCCCCCCCCCCCCCCCCCCCCC. The third-order valence-electron chi connectivity index (χ3n) is 20.4. The van der Waals surface area contributed by atoms with Crippen molar-refractivity contribution in [1.29, 1.82) is 0 Å². The molecule has 0 bridgehead atoms. The van der Waals surface area contributed by atoms with Gasteiger partial charge in [0.1, 0.15) is 0 Å². The quantitative estimate of drug-likeness (QED) is 0.0320. The number of aliphatic hydroxyl groups excluding tert-OH is 2. The van der Waals surface area contributed by atoms with Crippen molar-refractivity contribution in [2.24, 2.45) is 0 Å². The van der Waals surface area contributed by atoms with Gasteiger partial charge in [0.05, 0.1) is 25.4 Å². The van der Waals surface area contributed by atoms with Crippen LogP contribution in [0.15, 0.2) is 36.5 Å². The van der Waals surface area contributed by atoms with Gasteiger partial charge in [-0.1, -0.05) is 429 Å². The van der Waals surface area contributed by atoms with E-state index in [0.717, 1.165) is 44.9 Å². The lowest BCUT2D eigenvalue weighted by Gasteiger charge is -2.20. The Morgan fingerprint density at radius 1 is 0.287 bits per heavy atom.